The molecule has 3 rings (SSSR count). The SMILES string of the molecule is CCNCC1CCN(C(=O)c2cn(Cc3ccccc3)nn2)CC1.Cl. The molecule has 2 aromatic rings. The maximum atomic E-state index is 12.6. The first-order valence-corrected chi connectivity index (χ1v) is 8.70. The van der Waals surface area contributed by atoms with Gasteiger partial charge in [-0.25, -0.2) is 4.68 Å². The van der Waals surface area contributed by atoms with Crippen molar-refractivity contribution in [3.63, 3.8) is 0 Å². The Balaban J connectivity index is 0.00000225. The molecule has 0 atom stereocenters. The van der Waals surface area contributed by atoms with Gasteiger partial charge in [0.15, 0.2) is 5.69 Å². The molecule has 1 fully saturated rings. The van der Waals surface area contributed by atoms with Gasteiger partial charge in [0.1, 0.15) is 0 Å². The highest BCUT2D eigenvalue weighted by molar-refractivity contribution is 5.92. The second-order valence-electron chi connectivity index (χ2n) is 6.33. The predicted molar refractivity (Wildman–Crippen MR) is 100.0 cm³/mol. The number of hydrogen-bond donors (Lipinski definition) is 1. The van der Waals surface area contributed by atoms with E-state index in [9.17, 15) is 4.79 Å². The highest BCUT2D eigenvalue weighted by Gasteiger charge is 2.25. The maximum Gasteiger partial charge on any atom is 0.276 e. The van der Waals surface area contributed by atoms with Crippen LogP contribution in [0.25, 0.3) is 0 Å². The summed E-state index contributed by atoms with van der Waals surface area (Å²) >= 11 is 0. The van der Waals surface area contributed by atoms with Crippen molar-refractivity contribution in [3.8, 4) is 0 Å². The van der Waals surface area contributed by atoms with Crippen molar-refractivity contribution in [2.45, 2.75) is 26.3 Å². The van der Waals surface area contributed by atoms with Gasteiger partial charge in [0.25, 0.3) is 5.91 Å². The van der Waals surface area contributed by atoms with Gasteiger partial charge in [-0.15, -0.1) is 17.5 Å². The molecule has 25 heavy (non-hydrogen) atoms. The molecule has 0 aliphatic carbocycles. The average molecular weight is 364 g/mol. The highest BCUT2D eigenvalue weighted by atomic mass is 35.5. The molecule has 1 aromatic heterocycles. The quantitative estimate of drug-likeness (QED) is 0.854. The lowest BCUT2D eigenvalue weighted by Gasteiger charge is -2.31. The third-order valence-corrected chi connectivity index (χ3v) is 4.53. The molecule has 0 radical (unpaired) electrons. The Morgan fingerprint density at radius 3 is 2.64 bits per heavy atom. The van der Waals surface area contributed by atoms with Gasteiger partial charge in [0, 0.05) is 13.1 Å². The van der Waals surface area contributed by atoms with Crippen molar-refractivity contribution in [2.24, 2.45) is 5.92 Å². The number of piperidine rings is 1. The van der Waals surface area contributed by atoms with E-state index < -0.39 is 0 Å². The summed E-state index contributed by atoms with van der Waals surface area (Å²) in [5, 5.41) is 11.5. The third kappa shape index (κ3) is 5.28. The van der Waals surface area contributed by atoms with Gasteiger partial charge in [0.05, 0.1) is 12.7 Å². The average Bonchev–Trinajstić information content (AvgIpc) is 3.09. The predicted octanol–water partition coefficient (Wildman–Crippen LogP) is 2.21. The van der Waals surface area contributed by atoms with Crippen LogP contribution in [0.2, 0.25) is 0 Å². The summed E-state index contributed by atoms with van der Waals surface area (Å²) in [6.07, 6.45) is 3.86. The Hall–Kier alpha value is -1.92. The molecule has 1 aromatic carbocycles. The largest absolute Gasteiger partial charge is 0.337 e. The molecule has 1 N–H and O–H groups in total. The number of likely N-dealkylation sites (tertiary alicyclic amines) is 1. The van der Waals surface area contributed by atoms with Crippen molar-refractivity contribution < 1.29 is 4.79 Å². The van der Waals surface area contributed by atoms with Crippen LogP contribution >= 0.6 is 12.4 Å². The molecular weight excluding hydrogens is 338 g/mol. The zero-order valence-electron chi connectivity index (χ0n) is 14.6. The van der Waals surface area contributed by atoms with E-state index in [1.165, 1.54) is 0 Å². The molecule has 1 saturated heterocycles. The molecule has 0 spiro atoms. The maximum absolute atomic E-state index is 12.6. The second-order valence-corrected chi connectivity index (χ2v) is 6.33. The number of carbonyl (C=O) groups is 1. The normalized spacial score (nSPS) is 15.0. The van der Waals surface area contributed by atoms with E-state index in [0.717, 1.165) is 44.6 Å². The summed E-state index contributed by atoms with van der Waals surface area (Å²) in [7, 11) is 0. The standard InChI is InChI=1S/C18H25N5O.ClH/c1-2-19-12-15-8-10-22(11-9-15)18(24)17-14-23(21-20-17)13-16-6-4-3-5-7-16;/h3-7,14-15,19H,2,8-13H2,1H3;1H. The Bertz CT molecular complexity index is 652. The Labute approximate surface area is 155 Å². The minimum absolute atomic E-state index is 0. The molecule has 1 aliphatic heterocycles. The van der Waals surface area contributed by atoms with Crippen LogP contribution in [0.5, 0.6) is 0 Å². The minimum atomic E-state index is -0.00351. The Kier molecular flexibility index (Phi) is 7.40. The topological polar surface area (TPSA) is 63.1 Å². The zero-order valence-corrected chi connectivity index (χ0v) is 15.4. The summed E-state index contributed by atoms with van der Waals surface area (Å²) < 4.78 is 1.72. The van der Waals surface area contributed by atoms with Crippen LogP contribution in [0.1, 0.15) is 35.8 Å². The zero-order chi connectivity index (χ0) is 16.8. The van der Waals surface area contributed by atoms with E-state index in [0.29, 0.717) is 18.2 Å². The van der Waals surface area contributed by atoms with Gasteiger partial charge in [-0.1, -0.05) is 42.5 Å². The summed E-state index contributed by atoms with van der Waals surface area (Å²) in [6, 6.07) is 10.1. The van der Waals surface area contributed by atoms with Crippen LogP contribution in [-0.2, 0) is 6.54 Å². The summed E-state index contributed by atoms with van der Waals surface area (Å²) in [6.45, 7) is 6.42. The lowest BCUT2D eigenvalue weighted by molar-refractivity contribution is 0.0684. The fourth-order valence-corrected chi connectivity index (χ4v) is 3.09. The number of halogens is 1. The van der Waals surface area contributed by atoms with Crippen LogP contribution < -0.4 is 5.32 Å². The monoisotopic (exact) mass is 363 g/mol. The first-order valence-electron chi connectivity index (χ1n) is 8.70. The minimum Gasteiger partial charge on any atom is -0.337 e. The number of amides is 1. The van der Waals surface area contributed by atoms with E-state index in [1.54, 1.807) is 10.9 Å². The smallest absolute Gasteiger partial charge is 0.276 e. The molecule has 0 unspecified atom stereocenters. The molecule has 0 bridgehead atoms. The van der Waals surface area contributed by atoms with Gasteiger partial charge in [-0.3, -0.25) is 4.79 Å². The second kappa shape index (κ2) is 9.53. The molecule has 2 heterocycles. The summed E-state index contributed by atoms with van der Waals surface area (Å²) in [5.74, 6) is 0.666. The first kappa shape index (κ1) is 19.4. The van der Waals surface area contributed by atoms with Gasteiger partial charge in [-0.2, -0.15) is 0 Å². The summed E-state index contributed by atoms with van der Waals surface area (Å²) in [5.41, 5.74) is 1.58. The molecule has 136 valence electrons. The molecular formula is C18H26ClN5O. The van der Waals surface area contributed by atoms with E-state index in [2.05, 4.69) is 22.6 Å². The Morgan fingerprint density at radius 2 is 1.96 bits per heavy atom. The van der Waals surface area contributed by atoms with Crippen molar-refractivity contribution >= 4 is 18.3 Å². The lowest BCUT2D eigenvalue weighted by atomic mass is 9.96. The van der Waals surface area contributed by atoms with Crippen LogP contribution in [0.4, 0.5) is 0 Å². The van der Waals surface area contributed by atoms with Crippen molar-refractivity contribution in [3.05, 3.63) is 47.8 Å². The molecule has 7 heteroatoms. The van der Waals surface area contributed by atoms with Crippen molar-refractivity contribution in [2.75, 3.05) is 26.2 Å². The Morgan fingerprint density at radius 1 is 1.24 bits per heavy atom. The fraction of sp³-hybridized carbons (Fsp3) is 0.500. The number of rotatable bonds is 6. The van der Waals surface area contributed by atoms with E-state index in [-0.39, 0.29) is 18.3 Å². The lowest BCUT2D eigenvalue weighted by Crippen LogP contribution is -2.40. The first-order chi connectivity index (χ1) is 11.8. The summed E-state index contributed by atoms with van der Waals surface area (Å²) in [4.78, 5) is 14.5. The van der Waals surface area contributed by atoms with Crippen LogP contribution in [0.3, 0.4) is 0 Å². The number of nitrogens with zero attached hydrogens (tertiary/aromatic N) is 4. The van der Waals surface area contributed by atoms with Crippen LogP contribution in [0.15, 0.2) is 36.5 Å². The molecule has 6 nitrogen and oxygen atoms in total. The number of carbonyl (C=O) groups excluding carboxylic acids is 1. The molecule has 1 aliphatic rings. The number of hydrogen-bond acceptors (Lipinski definition) is 4. The third-order valence-electron chi connectivity index (χ3n) is 4.53. The van der Waals surface area contributed by atoms with E-state index in [1.807, 2.05) is 35.2 Å². The van der Waals surface area contributed by atoms with Crippen molar-refractivity contribution in [1.29, 1.82) is 0 Å². The number of aromatic nitrogens is 3. The number of benzene rings is 1. The van der Waals surface area contributed by atoms with Crippen LogP contribution in [-0.4, -0.2) is 52.0 Å². The van der Waals surface area contributed by atoms with Crippen molar-refractivity contribution in [1.82, 2.24) is 25.2 Å². The highest BCUT2D eigenvalue weighted by Crippen LogP contribution is 2.18. The van der Waals surface area contributed by atoms with Gasteiger partial charge >= 0.3 is 0 Å². The van der Waals surface area contributed by atoms with Gasteiger partial charge in [-0.05, 0) is 37.4 Å². The molecule has 1 amide bonds. The van der Waals surface area contributed by atoms with E-state index >= 15 is 0 Å². The fourth-order valence-electron chi connectivity index (χ4n) is 3.09. The van der Waals surface area contributed by atoms with Gasteiger partial charge in [0.2, 0.25) is 0 Å². The van der Waals surface area contributed by atoms with E-state index in [4.69, 9.17) is 0 Å². The number of nitrogens with one attached hydrogen (secondary N) is 1. The molecule has 0 saturated carbocycles. The van der Waals surface area contributed by atoms with Gasteiger partial charge < -0.3 is 10.2 Å². The van der Waals surface area contributed by atoms with Crippen LogP contribution in [0, 0.1) is 5.92 Å².